The van der Waals surface area contributed by atoms with E-state index in [1.807, 2.05) is 25.8 Å². The fraction of sp³-hybridized carbons (Fsp3) is 0.524. The normalized spacial score (nSPS) is 17.1. The zero-order valence-electron chi connectivity index (χ0n) is 16.6. The van der Waals surface area contributed by atoms with Crippen LogP contribution in [0.1, 0.15) is 31.4 Å². The number of hydrogen-bond donors (Lipinski definition) is 1. The average Bonchev–Trinajstić information content (AvgIpc) is 3.24. The minimum absolute atomic E-state index is 0.513. The molecule has 1 unspecified atom stereocenters. The van der Waals surface area contributed by atoms with Gasteiger partial charge >= 0.3 is 0 Å². The van der Waals surface area contributed by atoms with Gasteiger partial charge in [-0.2, -0.15) is 0 Å². The summed E-state index contributed by atoms with van der Waals surface area (Å²) in [6, 6.07) is 11.4. The third-order valence-corrected chi connectivity index (χ3v) is 5.27. The lowest BCUT2D eigenvalue weighted by atomic mass is 10.0. The first-order chi connectivity index (χ1) is 13.3. The first-order valence-corrected chi connectivity index (χ1v) is 10.0. The van der Waals surface area contributed by atoms with E-state index in [1.165, 1.54) is 5.56 Å². The van der Waals surface area contributed by atoms with Crippen molar-refractivity contribution in [2.45, 2.75) is 32.4 Å². The Bertz CT molecular complexity index is 674. The van der Waals surface area contributed by atoms with Gasteiger partial charge in [-0.25, -0.2) is 4.98 Å². The van der Waals surface area contributed by atoms with Crippen molar-refractivity contribution >= 4 is 5.96 Å². The molecule has 6 heteroatoms. The van der Waals surface area contributed by atoms with Crippen molar-refractivity contribution in [3.8, 4) is 0 Å². The van der Waals surface area contributed by atoms with Crippen LogP contribution in [0, 0.1) is 0 Å². The number of piperazine rings is 1. The predicted octanol–water partition coefficient (Wildman–Crippen LogP) is 2.62. The van der Waals surface area contributed by atoms with Gasteiger partial charge < -0.3 is 14.8 Å². The maximum absolute atomic E-state index is 4.49. The summed E-state index contributed by atoms with van der Waals surface area (Å²) in [5.41, 5.74) is 1.43. The molecule has 0 spiro atoms. The fourth-order valence-electron chi connectivity index (χ4n) is 3.84. The van der Waals surface area contributed by atoms with Crippen LogP contribution in [-0.4, -0.2) is 65.1 Å². The molecule has 1 N–H and O–H groups in total. The highest BCUT2D eigenvalue weighted by molar-refractivity contribution is 5.79. The Kier molecular flexibility index (Phi) is 7.27. The molecule has 1 aliphatic heterocycles. The molecule has 27 heavy (non-hydrogen) atoms. The number of guanidine groups is 1. The lowest BCUT2D eigenvalue weighted by molar-refractivity contribution is 0.127. The Labute approximate surface area is 162 Å². The third-order valence-electron chi connectivity index (χ3n) is 5.27. The molecular formula is C21H32N6. The van der Waals surface area contributed by atoms with E-state index in [4.69, 9.17) is 0 Å². The van der Waals surface area contributed by atoms with E-state index in [2.05, 4.69) is 66.9 Å². The van der Waals surface area contributed by atoms with Gasteiger partial charge in [0, 0.05) is 64.8 Å². The molecule has 1 aromatic carbocycles. The Morgan fingerprint density at radius 1 is 1.19 bits per heavy atom. The molecule has 1 fully saturated rings. The van der Waals surface area contributed by atoms with E-state index in [-0.39, 0.29) is 0 Å². The number of aliphatic imine (C=N–C) groups is 1. The van der Waals surface area contributed by atoms with Crippen LogP contribution in [0.5, 0.6) is 0 Å². The van der Waals surface area contributed by atoms with E-state index in [0.717, 1.165) is 58.1 Å². The highest BCUT2D eigenvalue weighted by Crippen LogP contribution is 2.25. The minimum atomic E-state index is 0.513. The molecule has 0 radical (unpaired) electrons. The molecule has 1 aliphatic rings. The summed E-state index contributed by atoms with van der Waals surface area (Å²) in [5, 5.41) is 3.51. The van der Waals surface area contributed by atoms with Crippen LogP contribution in [0.4, 0.5) is 0 Å². The first kappa shape index (κ1) is 19.4. The largest absolute Gasteiger partial charge is 0.356 e. The Morgan fingerprint density at radius 3 is 2.59 bits per heavy atom. The number of aryl methyl sites for hydroxylation is 1. The topological polar surface area (TPSA) is 48.7 Å². The number of nitrogens with zero attached hydrogens (tertiary/aromatic N) is 5. The molecule has 2 aromatic rings. The van der Waals surface area contributed by atoms with E-state index in [1.54, 1.807) is 0 Å². The van der Waals surface area contributed by atoms with E-state index >= 15 is 0 Å². The quantitative estimate of drug-likeness (QED) is 0.464. The van der Waals surface area contributed by atoms with Crippen LogP contribution in [0.2, 0.25) is 0 Å². The number of hydrogen-bond acceptors (Lipinski definition) is 3. The molecule has 0 aliphatic carbocycles. The van der Waals surface area contributed by atoms with Crippen molar-refractivity contribution in [3.05, 3.63) is 54.6 Å². The molecule has 146 valence electrons. The van der Waals surface area contributed by atoms with Gasteiger partial charge in [-0.1, -0.05) is 37.3 Å². The number of rotatable bonds is 7. The van der Waals surface area contributed by atoms with E-state index in [0.29, 0.717) is 6.04 Å². The van der Waals surface area contributed by atoms with Crippen molar-refractivity contribution in [1.82, 2.24) is 24.7 Å². The lowest BCUT2D eigenvalue weighted by Crippen LogP contribution is -2.53. The summed E-state index contributed by atoms with van der Waals surface area (Å²) < 4.78 is 2.11. The second-order valence-electron chi connectivity index (χ2n) is 6.99. The predicted molar refractivity (Wildman–Crippen MR) is 111 cm³/mol. The fourth-order valence-corrected chi connectivity index (χ4v) is 3.84. The van der Waals surface area contributed by atoms with Gasteiger partial charge in [-0.05, 0) is 18.4 Å². The van der Waals surface area contributed by atoms with Crippen LogP contribution in [0.3, 0.4) is 0 Å². The van der Waals surface area contributed by atoms with Gasteiger partial charge in [0.1, 0.15) is 0 Å². The third kappa shape index (κ3) is 5.32. The Morgan fingerprint density at radius 2 is 1.96 bits per heavy atom. The van der Waals surface area contributed by atoms with Crippen LogP contribution in [0.15, 0.2) is 54.0 Å². The highest BCUT2D eigenvalue weighted by atomic mass is 15.3. The van der Waals surface area contributed by atoms with Crippen molar-refractivity contribution in [1.29, 1.82) is 0 Å². The lowest BCUT2D eigenvalue weighted by Gasteiger charge is -2.40. The van der Waals surface area contributed by atoms with Gasteiger partial charge in [0.15, 0.2) is 5.96 Å². The molecule has 6 nitrogen and oxygen atoms in total. The molecule has 2 heterocycles. The summed E-state index contributed by atoms with van der Waals surface area (Å²) in [5.74, 6) is 1.02. The molecular weight excluding hydrogens is 336 g/mol. The molecule has 1 saturated heterocycles. The molecule has 1 atom stereocenters. The summed E-state index contributed by atoms with van der Waals surface area (Å²) in [6.45, 7) is 8.37. The second kappa shape index (κ2) is 10.1. The van der Waals surface area contributed by atoms with Gasteiger partial charge in [0.05, 0.1) is 6.33 Å². The van der Waals surface area contributed by atoms with E-state index in [9.17, 15) is 0 Å². The molecule has 0 saturated carbocycles. The van der Waals surface area contributed by atoms with Gasteiger partial charge in [-0.3, -0.25) is 9.89 Å². The molecule has 0 bridgehead atoms. The summed E-state index contributed by atoms with van der Waals surface area (Å²) in [4.78, 5) is 13.6. The first-order valence-electron chi connectivity index (χ1n) is 10.0. The van der Waals surface area contributed by atoms with Gasteiger partial charge in [0.25, 0.3) is 0 Å². The van der Waals surface area contributed by atoms with Crippen molar-refractivity contribution in [2.24, 2.45) is 4.99 Å². The zero-order valence-corrected chi connectivity index (χ0v) is 16.6. The standard InChI is InChI=1S/C21H32N6/c1-3-20(19-8-5-4-6-9-19)26-14-16-27(17-15-26)21(22-2)24-10-7-12-25-13-11-23-18-25/h4-6,8-9,11,13,18,20H,3,7,10,12,14-17H2,1-2H3,(H,22,24). The van der Waals surface area contributed by atoms with Crippen LogP contribution in [0.25, 0.3) is 0 Å². The molecule has 0 amide bonds. The van der Waals surface area contributed by atoms with Gasteiger partial charge in [0.2, 0.25) is 0 Å². The Balaban J connectivity index is 1.45. The summed E-state index contributed by atoms with van der Waals surface area (Å²) >= 11 is 0. The average molecular weight is 369 g/mol. The minimum Gasteiger partial charge on any atom is -0.356 e. The van der Waals surface area contributed by atoms with Crippen LogP contribution >= 0.6 is 0 Å². The van der Waals surface area contributed by atoms with Crippen molar-refractivity contribution < 1.29 is 0 Å². The number of nitrogens with one attached hydrogen (secondary N) is 1. The SMILES string of the molecule is CCC(c1ccccc1)N1CCN(C(=NC)NCCCn2ccnc2)CC1. The van der Waals surface area contributed by atoms with E-state index < -0.39 is 0 Å². The number of benzene rings is 1. The van der Waals surface area contributed by atoms with Crippen LogP contribution in [-0.2, 0) is 6.54 Å². The maximum Gasteiger partial charge on any atom is 0.193 e. The molecule has 1 aromatic heterocycles. The smallest absolute Gasteiger partial charge is 0.193 e. The second-order valence-corrected chi connectivity index (χ2v) is 6.99. The van der Waals surface area contributed by atoms with Crippen molar-refractivity contribution in [2.75, 3.05) is 39.8 Å². The number of aromatic nitrogens is 2. The van der Waals surface area contributed by atoms with Crippen LogP contribution < -0.4 is 5.32 Å². The number of imidazole rings is 1. The summed E-state index contributed by atoms with van der Waals surface area (Å²) in [6.07, 6.45) is 7.90. The highest BCUT2D eigenvalue weighted by Gasteiger charge is 2.25. The van der Waals surface area contributed by atoms with Gasteiger partial charge in [-0.15, -0.1) is 0 Å². The molecule has 3 rings (SSSR count). The summed E-state index contributed by atoms with van der Waals surface area (Å²) in [7, 11) is 1.88. The Hall–Kier alpha value is -2.34. The monoisotopic (exact) mass is 368 g/mol. The van der Waals surface area contributed by atoms with Crippen molar-refractivity contribution in [3.63, 3.8) is 0 Å². The zero-order chi connectivity index (χ0) is 18.9. The maximum atomic E-state index is 4.49.